The lowest BCUT2D eigenvalue weighted by atomic mass is 10.00. The smallest absolute Gasteiger partial charge is 0.365 e. The molecular weight excluding hydrogens is 517 g/mol. The topological polar surface area (TPSA) is 91.1 Å². The number of rotatable bonds is 7. The van der Waals surface area contributed by atoms with E-state index >= 15 is 0 Å². The van der Waals surface area contributed by atoms with Crippen LogP contribution in [0, 0.1) is 20.8 Å². The van der Waals surface area contributed by atoms with E-state index < -0.39 is 17.6 Å². The van der Waals surface area contributed by atoms with E-state index in [0.29, 0.717) is 29.3 Å². The van der Waals surface area contributed by atoms with Gasteiger partial charge in [0.05, 0.1) is 34.6 Å². The molecule has 2 N–H and O–H groups in total. The maximum absolute atomic E-state index is 13.1. The molecule has 10 heteroatoms. The molecule has 0 bridgehead atoms. The van der Waals surface area contributed by atoms with E-state index in [-0.39, 0.29) is 5.56 Å². The summed E-state index contributed by atoms with van der Waals surface area (Å²) >= 11 is 0. The number of hydrogen-bond acceptors (Lipinski definition) is 6. The van der Waals surface area contributed by atoms with Gasteiger partial charge >= 0.3 is 6.18 Å². The van der Waals surface area contributed by atoms with Crippen LogP contribution < -0.4 is 10.6 Å². The molecule has 3 aromatic rings. The molecule has 1 aliphatic rings. The fraction of sp³-hybridized carbons (Fsp3) is 0.167. The summed E-state index contributed by atoms with van der Waals surface area (Å²) in [6.07, 6.45) is 0.477. The van der Waals surface area contributed by atoms with Crippen LogP contribution in [0.5, 0.6) is 0 Å². The molecule has 0 saturated heterocycles. The first kappa shape index (κ1) is 28.2. The van der Waals surface area contributed by atoms with Crippen LogP contribution in [0.2, 0.25) is 0 Å². The lowest BCUT2D eigenvalue weighted by molar-refractivity contribution is -0.137. The molecule has 0 atom stereocenters. The van der Waals surface area contributed by atoms with Crippen LogP contribution >= 0.6 is 0 Å². The molecule has 0 saturated carbocycles. The fourth-order valence-electron chi connectivity index (χ4n) is 4.04. The Bertz CT molecular complexity index is 1580. The van der Waals surface area contributed by atoms with Gasteiger partial charge in [-0.15, -0.1) is 0 Å². The van der Waals surface area contributed by atoms with Gasteiger partial charge in [0, 0.05) is 34.3 Å². The first-order valence-corrected chi connectivity index (χ1v) is 12.3. The highest BCUT2D eigenvalue weighted by Gasteiger charge is 2.31. The Labute approximate surface area is 230 Å². The van der Waals surface area contributed by atoms with Crippen LogP contribution in [0.1, 0.15) is 38.4 Å². The number of nitrogens with one attached hydrogen (secondary N) is 2. The second-order valence-electron chi connectivity index (χ2n) is 9.08. The molecule has 1 aliphatic heterocycles. The third-order valence-electron chi connectivity index (χ3n) is 6.11. The molecule has 0 fully saturated rings. The maximum atomic E-state index is 13.1. The van der Waals surface area contributed by atoms with Gasteiger partial charge < -0.3 is 10.6 Å². The van der Waals surface area contributed by atoms with Crippen LogP contribution in [-0.2, 0) is 6.18 Å². The minimum atomic E-state index is -4.54. The number of aromatic nitrogens is 1. The van der Waals surface area contributed by atoms with Gasteiger partial charge in [0.2, 0.25) is 0 Å². The normalized spacial score (nSPS) is 15.2. The number of halogens is 3. The number of anilines is 2. The Kier molecular flexibility index (Phi) is 8.37. The zero-order valence-electron chi connectivity index (χ0n) is 22.2. The zero-order chi connectivity index (χ0) is 28.9. The van der Waals surface area contributed by atoms with Crippen molar-refractivity contribution in [3.05, 3.63) is 106 Å². The van der Waals surface area contributed by atoms with E-state index in [9.17, 15) is 18.0 Å². The second kappa shape index (κ2) is 11.9. The predicted octanol–water partition coefficient (Wildman–Crippen LogP) is 6.80. The summed E-state index contributed by atoms with van der Waals surface area (Å²) in [5.74, 6) is -0.653. The van der Waals surface area contributed by atoms with Gasteiger partial charge in [0.15, 0.2) is 0 Å². The number of nitrogens with zero attached hydrogens (tertiary/aromatic N) is 4. The average Bonchev–Trinajstić information content (AvgIpc) is 2.91. The van der Waals surface area contributed by atoms with Crippen molar-refractivity contribution >= 4 is 41.6 Å². The number of benzene rings is 2. The van der Waals surface area contributed by atoms with E-state index in [1.165, 1.54) is 12.1 Å². The van der Waals surface area contributed by atoms with Crippen molar-refractivity contribution in [2.75, 3.05) is 17.3 Å². The third kappa shape index (κ3) is 6.76. The molecule has 2 aromatic carbocycles. The van der Waals surface area contributed by atoms with Crippen LogP contribution in [0.3, 0.4) is 0 Å². The molecular formula is C30H27F3N6O. The summed E-state index contributed by atoms with van der Waals surface area (Å²) in [6.45, 7) is 9.59. The summed E-state index contributed by atoms with van der Waals surface area (Å²) in [7, 11) is 0. The lowest BCUT2D eigenvalue weighted by Crippen LogP contribution is -2.14. The Hall–Kier alpha value is -4.86. The monoisotopic (exact) mass is 544 g/mol. The van der Waals surface area contributed by atoms with Crippen molar-refractivity contribution in [3.63, 3.8) is 0 Å². The van der Waals surface area contributed by atoms with Gasteiger partial charge in [0.1, 0.15) is 6.67 Å². The minimum absolute atomic E-state index is 0.0970. The van der Waals surface area contributed by atoms with Gasteiger partial charge in [-0.25, -0.2) is 0 Å². The van der Waals surface area contributed by atoms with Crippen molar-refractivity contribution in [1.29, 1.82) is 0 Å². The number of carbonyl (C=O) groups excluding carboxylic acids is 1. The number of amides is 1. The molecule has 0 spiro atoms. The van der Waals surface area contributed by atoms with Crippen LogP contribution in [-0.4, -0.2) is 36.2 Å². The van der Waals surface area contributed by atoms with Crippen LogP contribution in [0.4, 0.5) is 24.5 Å². The SMILES string of the molecule is C=N/C=C1/C=C(c2cc(NC(=O)c3cccc(C(F)(F)F)c3)ccc2C)N=CC1=NCNc1ccc(C)nc1C. The van der Waals surface area contributed by atoms with E-state index in [0.717, 1.165) is 40.3 Å². The van der Waals surface area contributed by atoms with Gasteiger partial charge in [-0.2, -0.15) is 13.2 Å². The van der Waals surface area contributed by atoms with Crippen molar-refractivity contribution in [1.82, 2.24) is 4.98 Å². The van der Waals surface area contributed by atoms with Gasteiger partial charge in [-0.3, -0.25) is 24.8 Å². The van der Waals surface area contributed by atoms with Crippen molar-refractivity contribution in [2.24, 2.45) is 15.0 Å². The molecule has 0 unspecified atom stereocenters. The minimum Gasteiger partial charge on any atom is -0.365 e. The lowest BCUT2D eigenvalue weighted by Gasteiger charge is -2.15. The highest BCUT2D eigenvalue weighted by Crippen LogP contribution is 2.30. The maximum Gasteiger partial charge on any atom is 0.416 e. The Morgan fingerprint density at radius 2 is 1.88 bits per heavy atom. The molecule has 204 valence electrons. The Morgan fingerprint density at radius 1 is 1.07 bits per heavy atom. The number of alkyl halides is 3. The fourth-order valence-corrected chi connectivity index (χ4v) is 4.04. The quantitative estimate of drug-likeness (QED) is 0.321. The predicted molar refractivity (Wildman–Crippen MR) is 154 cm³/mol. The number of allylic oxidation sites excluding steroid dienone is 2. The zero-order valence-corrected chi connectivity index (χ0v) is 22.2. The molecule has 0 radical (unpaired) electrons. The number of pyridine rings is 1. The van der Waals surface area contributed by atoms with E-state index in [1.807, 2.05) is 39.0 Å². The largest absolute Gasteiger partial charge is 0.416 e. The van der Waals surface area contributed by atoms with Crippen LogP contribution in [0.15, 0.2) is 87.4 Å². The van der Waals surface area contributed by atoms with Crippen LogP contribution in [0.25, 0.3) is 5.70 Å². The van der Waals surface area contributed by atoms with E-state index in [4.69, 9.17) is 0 Å². The molecule has 7 nitrogen and oxygen atoms in total. The number of hydrogen-bond donors (Lipinski definition) is 2. The van der Waals surface area contributed by atoms with Crippen molar-refractivity contribution < 1.29 is 18.0 Å². The first-order chi connectivity index (χ1) is 19.0. The standard InChI is InChI=1S/C30H27F3N6O/c1-18-8-10-24(39-29(40)21-6-5-7-23(12-21)30(31,32)33)14-25(18)27-13-22(15-34-4)28(16-35-27)37-17-36-26-11-9-19(2)38-20(26)3/h5-16,36H,4,17H2,1-3H3,(H,39,40)/b22-15-,37-28?. The average molecular weight is 545 g/mol. The molecule has 1 aromatic heterocycles. The summed E-state index contributed by atoms with van der Waals surface area (Å²) < 4.78 is 39.2. The summed E-state index contributed by atoms with van der Waals surface area (Å²) in [6, 6.07) is 13.4. The second-order valence-corrected chi connectivity index (χ2v) is 9.08. The number of aryl methyl sites for hydroxylation is 3. The highest BCUT2D eigenvalue weighted by atomic mass is 19.4. The van der Waals surface area contributed by atoms with Gasteiger partial charge in [-0.1, -0.05) is 12.1 Å². The van der Waals surface area contributed by atoms with Gasteiger partial charge in [0.25, 0.3) is 5.91 Å². The number of carbonyl (C=O) groups is 1. The molecule has 40 heavy (non-hydrogen) atoms. The third-order valence-corrected chi connectivity index (χ3v) is 6.11. The molecule has 4 rings (SSSR count). The molecule has 0 aliphatic carbocycles. The summed E-state index contributed by atoms with van der Waals surface area (Å²) in [5.41, 5.74) is 5.63. The first-order valence-electron chi connectivity index (χ1n) is 12.3. The van der Waals surface area contributed by atoms with E-state index in [1.54, 1.807) is 30.6 Å². The summed E-state index contributed by atoms with van der Waals surface area (Å²) in [5, 5.41) is 5.92. The van der Waals surface area contributed by atoms with E-state index in [2.05, 4.69) is 37.3 Å². The molecule has 1 amide bonds. The molecule has 2 heterocycles. The Morgan fingerprint density at radius 3 is 2.60 bits per heavy atom. The van der Waals surface area contributed by atoms with Crippen molar-refractivity contribution in [2.45, 2.75) is 26.9 Å². The number of aliphatic imine (C=N–C) groups is 3. The summed E-state index contributed by atoms with van der Waals surface area (Å²) in [4.78, 5) is 30.2. The van der Waals surface area contributed by atoms with Gasteiger partial charge in [-0.05, 0) is 81.6 Å². The highest BCUT2D eigenvalue weighted by molar-refractivity contribution is 6.41. The Balaban J connectivity index is 1.53. The van der Waals surface area contributed by atoms with Crippen molar-refractivity contribution in [3.8, 4) is 0 Å².